The van der Waals surface area contributed by atoms with Crippen molar-refractivity contribution in [3.63, 3.8) is 0 Å². The van der Waals surface area contributed by atoms with Crippen molar-refractivity contribution in [1.29, 1.82) is 0 Å². The normalized spacial score (nSPS) is 10.5. The highest BCUT2D eigenvalue weighted by atomic mass is 32.1. The summed E-state index contributed by atoms with van der Waals surface area (Å²) in [7, 11) is 0. The summed E-state index contributed by atoms with van der Waals surface area (Å²) in [6.45, 7) is 1.02. The second-order valence-corrected chi connectivity index (χ2v) is 5.81. The molecule has 0 aliphatic carbocycles. The first-order chi connectivity index (χ1) is 11.7. The van der Waals surface area contributed by atoms with Crippen LogP contribution >= 0.6 is 11.3 Å². The number of carbonyl (C=O) groups excluding carboxylic acids is 1. The highest BCUT2D eigenvalue weighted by Gasteiger charge is 2.05. The molecule has 0 bridgehead atoms. The van der Waals surface area contributed by atoms with Crippen LogP contribution in [0.25, 0.3) is 5.82 Å². The van der Waals surface area contributed by atoms with Crippen LogP contribution in [0.3, 0.4) is 0 Å². The monoisotopic (exact) mass is 345 g/mol. The van der Waals surface area contributed by atoms with E-state index in [1.165, 1.54) is 28.1 Å². The van der Waals surface area contributed by atoms with E-state index in [4.69, 9.17) is 0 Å². The fourth-order valence-corrected chi connectivity index (χ4v) is 2.61. The first kappa shape index (κ1) is 15.9. The minimum absolute atomic E-state index is 0.250. The zero-order valence-corrected chi connectivity index (χ0v) is 13.4. The molecule has 2 amide bonds. The standard InChI is InChI=1S/C14H15N7O2S/c22-13-4-3-12(21-10-15-9-18-21)19-20(13)6-5-16-14(23)17-8-11-2-1-7-24-11/h1-4,7,9-10H,5-6,8H2,(H2,16,17,23). The van der Waals surface area contributed by atoms with Crippen molar-refractivity contribution in [2.45, 2.75) is 13.1 Å². The zero-order chi connectivity index (χ0) is 16.8. The third-order valence-corrected chi connectivity index (χ3v) is 3.99. The molecule has 0 aliphatic rings. The molecule has 124 valence electrons. The summed E-state index contributed by atoms with van der Waals surface area (Å²) >= 11 is 1.58. The van der Waals surface area contributed by atoms with Gasteiger partial charge in [0.25, 0.3) is 5.56 Å². The number of thiophene rings is 1. The Kier molecular flexibility index (Phi) is 4.96. The largest absolute Gasteiger partial charge is 0.336 e. The van der Waals surface area contributed by atoms with Gasteiger partial charge in [0.2, 0.25) is 0 Å². The van der Waals surface area contributed by atoms with Gasteiger partial charge in [0.15, 0.2) is 5.82 Å². The van der Waals surface area contributed by atoms with Gasteiger partial charge in [-0.2, -0.15) is 5.10 Å². The molecule has 3 aromatic rings. The Morgan fingerprint density at radius 3 is 2.92 bits per heavy atom. The number of aromatic nitrogens is 5. The molecule has 0 spiro atoms. The average molecular weight is 345 g/mol. The van der Waals surface area contributed by atoms with Crippen molar-refractivity contribution < 1.29 is 4.79 Å². The average Bonchev–Trinajstić information content (AvgIpc) is 3.28. The Morgan fingerprint density at radius 1 is 1.25 bits per heavy atom. The SMILES string of the molecule is O=C(NCCn1nc(-n2cncn2)ccc1=O)NCc1cccs1. The van der Waals surface area contributed by atoms with Crippen LogP contribution in [0.1, 0.15) is 4.88 Å². The smallest absolute Gasteiger partial charge is 0.315 e. The van der Waals surface area contributed by atoms with Gasteiger partial charge in [0.1, 0.15) is 12.7 Å². The molecule has 2 N–H and O–H groups in total. The van der Waals surface area contributed by atoms with E-state index >= 15 is 0 Å². The molecule has 3 aromatic heterocycles. The van der Waals surface area contributed by atoms with Gasteiger partial charge >= 0.3 is 6.03 Å². The van der Waals surface area contributed by atoms with Gasteiger partial charge in [0, 0.05) is 17.5 Å². The van der Waals surface area contributed by atoms with Gasteiger partial charge in [0.05, 0.1) is 13.1 Å². The van der Waals surface area contributed by atoms with Crippen molar-refractivity contribution in [1.82, 2.24) is 35.2 Å². The number of rotatable bonds is 6. The van der Waals surface area contributed by atoms with Crippen LogP contribution in [-0.2, 0) is 13.1 Å². The fourth-order valence-electron chi connectivity index (χ4n) is 1.97. The Bertz CT molecular complexity index is 842. The lowest BCUT2D eigenvalue weighted by atomic mass is 10.5. The molecular weight excluding hydrogens is 330 g/mol. The van der Waals surface area contributed by atoms with E-state index in [2.05, 4.69) is 25.8 Å². The van der Waals surface area contributed by atoms with E-state index in [-0.39, 0.29) is 24.7 Å². The Balaban J connectivity index is 1.52. The van der Waals surface area contributed by atoms with Gasteiger partial charge in [-0.15, -0.1) is 16.4 Å². The molecule has 0 aromatic carbocycles. The molecule has 0 atom stereocenters. The lowest BCUT2D eigenvalue weighted by Gasteiger charge is -2.09. The number of nitrogens with zero attached hydrogens (tertiary/aromatic N) is 5. The fraction of sp³-hybridized carbons (Fsp3) is 0.214. The number of hydrogen-bond donors (Lipinski definition) is 2. The topological polar surface area (TPSA) is 107 Å². The summed E-state index contributed by atoms with van der Waals surface area (Å²) in [5.74, 6) is 0.481. The number of amides is 2. The molecule has 0 fully saturated rings. The minimum Gasteiger partial charge on any atom is -0.336 e. The third kappa shape index (κ3) is 4.04. The van der Waals surface area contributed by atoms with Crippen LogP contribution in [0.4, 0.5) is 4.79 Å². The Hall–Kier alpha value is -3.01. The van der Waals surface area contributed by atoms with Crippen LogP contribution in [0.5, 0.6) is 0 Å². The van der Waals surface area contributed by atoms with Crippen LogP contribution < -0.4 is 16.2 Å². The van der Waals surface area contributed by atoms with Crippen LogP contribution in [0, 0.1) is 0 Å². The zero-order valence-electron chi connectivity index (χ0n) is 12.6. The Labute approximate surface area is 141 Å². The molecule has 10 heteroatoms. The molecular formula is C14H15N7O2S. The van der Waals surface area contributed by atoms with Gasteiger partial charge < -0.3 is 10.6 Å². The summed E-state index contributed by atoms with van der Waals surface area (Å²) in [5, 5.41) is 15.6. The molecule has 9 nitrogen and oxygen atoms in total. The summed E-state index contributed by atoms with van der Waals surface area (Å²) in [4.78, 5) is 28.5. The number of carbonyl (C=O) groups is 1. The number of urea groups is 1. The molecule has 24 heavy (non-hydrogen) atoms. The summed E-state index contributed by atoms with van der Waals surface area (Å²) in [5.41, 5.74) is -0.250. The number of hydrogen-bond acceptors (Lipinski definition) is 6. The van der Waals surface area contributed by atoms with Crippen molar-refractivity contribution in [3.05, 3.63) is 57.5 Å². The lowest BCUT2D eigenvalue weighted by Crippen LogP contribution is -2.38. The molecule has 0 saturated carbocycles. The lowest BCUT2D eigenvalue weighted by molar-refractivity contribution is 0.240. The summed E-state index contributed by atoms with van der Waals surface area (Å²) < 4.78 is 2.73. The van der Waals surface area contributed by atoms with Gasteiger partial charge in [-0.3, -0.25) is 4.79 Å². The van der Waals surface area contributed by atoms with Crippen molar-refractivity contribution in [2.75, 3.05) is 6.54 Å². The van der Waals surface area contributed by atoms with E-state index in [1.54, 1.807) is 17.4 Å². The maximum Gasteiger partial charge on any atom is 0.315 e. The first-order valence-corrected chi connectivity index (χ1v) is 8.07. The number of nitrogens with one attached hydrogen (secondary N) is 2. The van der Waals surface area contributed by atoms with Crippen molar-refractivity contribution >= 4 is 17.4 Å². The molecule has 0 unspecified atom stereocenters. The van der Waals surface area contributed by atoms with Crippen molar-refractivity contribution in [2.24, 2.45) is 0 Å². The van der Waals surface area contributed by atoms with E-state index < -0.39 is 0 Å². The van der Waals surface area contributed by atoms with Gasteiger partial charge in [-0.05, 0) is 17.5 Å². The molecule has 3 heterocycles. The van der Waals surface area contributed by atoms with Crippen LogP contribution in [-0.4, -0.2) is 37.1 Å². The second-order valence-electron chi connectivity index (χ2n) is 4.78. The highest BCUT2D eigenvalue weighted by molar-refractivity contribution is 7.09. The molecule has 3 rings (SSSR count). The van der Waals surface area contributed by atoms with Gasteiger partial charge in [-0.25, -0.2) is 19.1 Å². The van der Waals surface area contributed by atoms with Gasteiger partial charge in [-0.1, -0.05) is 6.07 Å². The van der Waals surface area contributed by atoms with E-state index in [9.17, 15) is 9.59 Å². The van der Waals surface area contributed by atoms with E-state index in [1.807, 2.05) is 17.5 Å². The third-order valence-electron chi connectivity index (χ3n) is 3.12. The van der Waals surface area contributed by atoms with Crippen LogP contribution in [0.15, 0.2) is 47.1 Å². The minimum atomic E-state index is -0.288. The van der Waals surface area contributed by atoms with E-state index in [0.29, 0.717) is 12.4 Å². The maximum absolute atomic E-state index is 11.8. The quantitative estimate of drug-likeness (QED) is 0.672. The maximum atomic E-state index is 11.8. The second kappa shape index (κ2) is 7.51. The molecule has 0 aliphatic heterocycles. The molecule has 0 saturated heterocycles. The predicted molar refractivity (Wildman–Crippen MR) is 88.0 cm³/mol. The summed E-state index contributed by atoms with van der Waals surface area (Å²) in [6, 6.07) is 6.56. The predicted octanol–water partition coefficient (Wildman–Crippen LogP) is 0.385. The van der Waals surface area contributed by atoms with Crippen molar-refractivity contribution in [3.8, 4) is 5.82 Å². The Morgan fingerprint density at radius 2 is 2.17 bits per heavy atom. The molecule has 0 radical (unpaired) electrons. The summed E-state index contributed by atoms with van der Waals surface area (Å²) in [6.07, 6.45) is 2.88. The highest BCUT2D eigenvalue weighted by Crippen LogP contribution is 2.06. The first-order valence-electron chi connectivity index (χ1n) is 7.19. The van der Waals surface area contributed by atoms with E-state index in [0.717, 1.165) is 4.88 Å². The van der Waals surface area contributed by atoms with Crippen LogP contribution in [0.2, 0.25) is 0 Å².